The number of hydrogen-bond donors (Lipinski definition) is 2. The highest BCUT2D eigenvalue weighted by Crippen LogP contribution is 2.02. The van der Waals surface area contributed by atoms with E-state index in [2.05, 4.69) is 16.6 Å². The second kappa shape index (κ2) is 6.30. The first kappa shape index (κ1) is 12.7. The first-order valence-corrected chi connectivity index (χ1v) is 4.84. The van der Waals surface area contributed by atoms with Crippen LogP contribution in [0.3, 0.4) is 0 Å². The average molecular weight is 232 g/mol. The number of hydrogen-bond acceptors (Lipinski definition) is 4. The Labute approximate surface area is 98.9 Å². The van der Waals surface area contributed by atoms with Gasteiger partial charge in [-0.1, -0.05) is 11.8 Å². The molecule has 0 saturated heterocycles. The molecule has 0 aromatic heterocycles. The van der Waals surface area contributed by atoms with Crippen LogP contribution in [0, 0.1) is 11.8 Å². The second-order valence-corrected chi connectivity index (χ2v) is 3.11. The van der Waals surface area contributed by atoms with Crippen molar-refractivity contribution in [1.82, 2.24) is 5.43 Å². The van der Waals surface area contributed by atoms with Gasteiger partial charge in [0, 0.05) is 11.1 Å². The van der Waals surface area contributed by atoms with E-state index in [0.29, 0.717) is 11.1 Å². The van der Waals surface area contributed by atoms with Crippen molar-refractivity contribution in [2.24, 2.45) is 5.84 Å². The molecule has 1 aromatic rings. The molecule has 5 nitrogen and oxygen atoms in total. The number of hydrazine groups is 1. The van der Waals surface area contributed by atoms with Crippen LogP contribution in [0.4, 0.5) is 0 Å². The molecule has 0 radical (unpaired) electrons. The van der Waals surface area contributed by atoms with Crippen molar-refractivity contribution in [3.8, 4) is 11.8 Å². The number of carbonyl (C=O) groups is 2. The zero-order valence-corrected chi connectivity index (χ0v) is 9.32. The standard InChI is InChI=1S/C12H12N2O3/c1-17-11(15)4-2-3-9-5-7-10(8-6-9)12(16)14-13/h5-8H,4,13H2,1H3,(H,14,16). The topological polar surface area (TPSA) is 81.4 Å². The molecule has 0 fully saturated rings. The molecule has 0 unspecified atom stereocenters. The minimum atomic E-state index is -0.378. The van der Waals surface area contributed by atoms with Gasteiger partial charge in [0.05, 0.1) is 7.11 Å². The molecule has 17 heavy (non-hydrogen) atoms. The molecule has 3 N–H and O–H groups in total. The Morgan fingerprint density at radius 2 is 2.00 bits per heavy atom. The van der Waals surface area contributed by atoms with Gasteiger partial charge in [-0.2, -0.15) is 0 Å². The van der Waals surface area contributed by atoms with E-state index in [1.807, 2.05) is 5.43 Å². The summed E-state index contributed by atoms with van der Waals surface area (Å²) in [5, 5.41) is 0. The van der Waals surface area contributed by atoms with Crippen LogP contribution in [0.2, 0.25) is 0 Å². The van der Waals surface area contributed by atoms with Crippen molar-refractivity contribution in [2.45, 2.75) is 6.42 Å². The predicted molar refractivity (Wildman–Crippen MR) is 61.6 cm³/mol. The third-order valence-electron chi connectivity index (χ3n) is 1.97. The molecular formula is C12H12N2O3. The number of amides is 1. The van der Waals surface area contributed by atoms with Gasteiger partial charge >= 0.3 is 5.97 Å². The summed E-state index contributed by atoms with van der Waals surface area (Å²) in [6, 6.07) is 6.55. The van der Waals surface area contributed by atoms with Crippen molar-refractivity contribution in [3.63, 3.8) is 0 Å². The first-order valence-electron chi connectivity index (χ1n) is 4.84. The molecule has 0 bridgehead atoms. The Hall–Kier alpha value is -2.32. The molecule has 0 aliphatic heterocycles. The molecule has 1 amide bonds. The number of benzene rings is 1. The first-order chi connectivity index (χ1) is 8.17. The fraction of sp³-hybridized carbons (Fsp3) is 0.167. The molecule has 5 heteroatoms. The lowest BCUT2D eigenvalue weighted by molar-refractivity contribution is -0.139. The number of nitrogens with one attached hydrogen (secondary N) is 1. The Morgan fingerprint density at radius 3 is 2.53 bits per heavy atom. The maximum Gasteiger partial charge on any atom is 0.317 e. The minimum Gasteiger partial charge on any atom is -0.468 e. The zero-order chi connectivity index (χ0) is 12.7. The summed E-state index contributed by atoms with van der Waals surface area (Å²) in [6.07, 6.45) is 0.0432. The van der Waals surface area contributed by atoms with Crippen LogP contribution < -0.4 is 11.3 Å². The van der Waals surface area contributed by atoms with E-state index >= 15 is 0 Å². The maximum absolute atomic E-state index is 11.1. The van der Waals surface area contributed by atoms with Crippen molar-refractivity contribution >= 4 is 11.9 Å². The van der Waals surface area contributed by atoms with Gasteiger partial charge in [-0.3, -0.25) is 15.0 Å². The molecule has 0 saturated carbocycles. The summed E-state index contributed by atoms with van der Waals surface area (Å²) >= 11 is 0. The number of nitrogen functional groups attached to an aromatic ring is 1. The third kappa shape index (κ3) is 3.97. The van der Waals surface area contributed by atoms with Crippen LogP contribution in [-0.2, 0) is 9.53 Å². The van der Waals surface area contributed by atoms with E-state index in [4.69, 9.17) is 5.84 Å². The summed E-state index contributed by atoms with van der Waals surface area (Å²) < 4.78 is 4.45. The Balaban J connectivity index is 2.68. The number of carbonyl (C=O) groups excluding carboxylic acids is 2. The van der Waals surface area contributed by atoms with E-state index < -0.39 is 0 Å². The van der Waals surface area contributed by atoms with Gasteiger partial charge < -0.3 is 4.74 Å². The number of rotatable bonds is 2. The number of ether oxygens (including phenoxy) is 1. The molecule has 0 aliphatic carbocycles. The van der Waals surface area contributed by atoms with Gasteiger partial charge in [0.1, 0.15) is 6.42 Å². The summed E-state index contributed by atoms with van der Waals surface area (Å²) in [5.41, 5.74) is 3.19. The maximum atomic E-state index is 11.1. The molecule has 1 rings (SSSR count). The normalized spacial score (nSPS) is 8.82. The van der Waals surface area contributed by atoms with Crippen molar-refractivity contribution in [2.75, 3.05) is 7.11 Å². The van der Waals surface area contributed by atoms with Crippen LogP contribution in [0.5, 0.6) is 0 Å². The summed E-state index contributed by atoms with van der Waals surface area (Å²) in [4.78, 5) is 21.9. The largest absolute Gasteiger partial charge is 0.468 e. The Bertz CT molecular complexity index is 469. The number of esters is 1. The molecule has 0 atom stereocenters. The Kier molecular flexibility index (Phi) is 4.73. The highest BCUT2D eigenvalue weighted by Gasteiger charge is 2.01. The van der Waals surface area contributed by atoms with Gasteiger partial charge in [0.15, 0.2) is 0 Å². The summed E-state index contributed by atoms with van der Waals surface area (Å²) in [7, 11) is 1.31. The van der Waals surface area contributed by atoms with Crippen molar-refractivity contribution in [1.29, 1.82) is 0 Å². The summed E-state index contributed by atoms with van der Waals surface area (Å²) in [5.74, 6) is 9.70. The monoisotopic (exact) mass is 232 g/mol. The molecule has 0 aliphatic rings. The SMILES string of the molecule is COC(=O)CC#Cc1ccc(C(=O)NN)cc1. The van der Waals surface area contributed by atoms with Crippen LogP contribution in [0.25, 0.3) is 0 Å². The molecular weight excluding hydrogens is 220 g/mol. The van der Waals surface area contributed by atoms with Crippen LogP contribution in [-0.4, -0.2) is 19.0 Å². The van der Waals surface area contributed by atoms with Crippen LogP contribution in [0.1, 0.15) is 22.3 Å². The third-order valence-corrected chi connectivity index (χ3v) is 1.97. The lowest BCUT2D eigenvalue weighted by atomic mass is 10.1. The number of nitrogens with two attached hydrogens (primary N) is 1. The number of methoxy groups -OCH3 is 1. The van der Waals surface area contributed by atoms with E-state index in [1.54, 1.807) is 24.3 Å². The van der Waals surface area contributed by atoms with Gasteiger partial charge in [-0.25, -0.2) is 5.84 Å². The fourth-order valence-corrected chi connectivity index (χ4v) is 1.08. The van der Waals surface area contributed by atoms with Gasteiger partial charge in [-0.15, -0.1) is 0 Å². The van der Waals surface area contributed by atoms with E-state index in [0.717, 1.165) is 0 Å². The van der Waals surface area contributed by atoms with Crippen LogP contribution >= 0.6 is 0 Å². The average Bonchev–Trinajstić information content (AvgIpc) is 2.38. The fourth-order valence-electron chi connectivity index (χ4n) is 1.08. The molecule has 0 spiro atoms. The quantitative estimate of drug-likeness (QED) is 0.251. The Morgan fingerprint density at radius 1 is 1.35 bits per heavy atom. The van der Waals surface area contributed by atoms with Crippen LogP contribution in [0.15, 0.2) is 24.3 Å². The summed E-state index contributed by atoms with van der Waals surface area (Å²) in [6.45, 7) is 0. The highest BCUT2D eigenvalue weighted by atomic mass is 16.5. The second-order valence-electron chi connectivity index (χ2n) is 3.11. The molecule has 1 aromatic carbocycles. The highest BCUT2D eigenvalue weighted by molar-refractivity contribution is 5.93. The molecule has 0 heterocycles. The van der Waals surface area contributed by atoms with Gasteiger partial charge in [0.25, 0.3) is 5.91 Å². The lowest BCUT2D eigenvalue weighted by Gasteiger charge is -1.98. The molecule has 88 valence electrons. The lowest BCUT2D eigenvalue weighted by Crippen LogP contribution is -2.29. The van der Waals surface area contributed by atoms with Crippen molar-refractivity contribution < 1.29 is 14.3 Å². The van der Waals surface area contributed by atoms with E-state index in [-0.39, 0.29) is 18.3 Å². The van der Waals surface area contributed by atoms with E-state index in [9.17, 15) is 9.59 Å². The zero-order valence-electron chi connectivity index (χ0n) is 9.32. The predicted octanol–water partition coefficient (Wildman–Crippen LogP) is 0.205. The van der Waals surface area contributed by atoms with Crippen molar-refractivity contribution in [3.05, 3.63) is 35.4 Å². The van der Waals surface area contributed by atoms with Gasteiger partial charge in [-0.05, 0) is 24.3 Å². The van der Waals surface area contributed by atoms with E-state index in [1.165, 1.54) is 7.11 Å². The smallest absolute Gasteiger partial charge is 0.317 e. The van der Waals surface area contributed by atoms with Gasteiger partial charge in [0.2, 0.25) is 0 Å². The minimum absolute atomic E-state index is 0.0432.